The molecule has 2 rings (SSSR count). The van der Waals surface area contributed by atoms with Gasteiger partial charge in [-0.15, -0.1) is 12.4 Å². The Hall–Kier alpha value is -0.520. The van der Waals surface area contributed by atoms with Gasteiger partial charge in [0.05, 0.1) is 12.1 Å². The summed E-state index contributed by atoms with van der Waals surface area (Å²) in [7, 11) is 1.63. The van der Waals surface area contributed by atoms with E-state index < -0.39 is 0 Å². The van der Waals surface area contributed by atoms with E-state index in [-0.39, 0.29) is 30.5 Å². The Bertz CT molecular complexity index is 477. The highest BCUT2D eigenvalue weighted by molar-refractivity contribution is 6.32. The van der Waals surface area contributed by atoms with Crippen molar-refractivity contribution in [3.8, 4) is 5.75 Å². The number of nitrogens with zero attached hydrogens (tertiary/aromatic N) is 1. The fourth-order valence-electron chi connectivity index (χ4n) is 3.03. The van der Waals surface area contributed by atoms with E-state index in [9.17, 15) is 5.11 Å². The molecule has 0 aromatic heterocycles. The Labute approximate surface area is 144 Å². The van der Waals surface area contributed by atoms with Crippen molar-refractivity contribution in [2.75, 3.05) is 39.9 Å². The first kappa shape index (κ1) is 19.5. The highest BCUT2D eigenvalue weighted by atomic mass is 35.5. The SMILES string of the molecule is COc1cc([C@@H](N2CCNCC2)C(C)(C)CO)ccc1Cl.Cl. The Kier molecular flexibility index (Phi) is 7.42. The van der Waals surface area contributed by atoms with Crippen LogP contribution < -0.4 is 10.1 Å². The third kappa shape index (κ3) is 4.27. The van der Waals surface area contributed by atoms with Crippen LogP contribution in [0.5, 0.6) is 5.75 Å². The predicted octanol–water partition coefficient (Wildman–Crippen LogP) is 2.74. The van der Waals surface area contributed by atoms with Crippen molar-refractivity contribution in [3.05, 3.63) is 28.8 Å². The van der Waals surface area contributed by atoms with Crippen LogP contribution in [0.25, 0.3) is 0 Å². The van der Waals surface area contributed by atoms with Gasteiger partial charge >= 0.3 is 0 Å². The monoisotopic (exact) mass is 348 g/mol. The first-order valence-corrected chi connectivity index (χ1v) is 7.76. The van der Waals surface area contributed by atoms with E-state index >= 15 is 0 Å². The van der Waals surface area contributed by atoms with Gasteiger partial charge in [-0.05, 0) is 17.7 Å². The van der Waals surface area contributed by atoms with Gasteiger partial charge in [0.1, 0.15) is 5.75 Å². The van der Waals surface area contributed by atoms with E-state index in [0.717, 1.165) is 31.7 Å². The standard InChI is InChI=1S/C16H25ClN2O2.ClH/c1-16(2,11-20)15(19-8-6-18-7-9-19)12-4-5-13(17)14(10-12)21-3;/h4-5,10,15,18,20H,6-9,11H2,1-3H3;1H/t15-;/m1./s1. The molecule has 1 saturated heterocycles. The van der Waals surface area contributed by atoms with Gasteiger partial charge in [-0.25, -0.2) is 0 Å². The average molecular weight is 349 g/mol. The van der Waals surface area contributed by atoms with Gasteiger partial charge in [-0.1, -0.05) is 31.5 Å². The molecule has 0 radical (unpaired) electrons. The molecule has 0 saturated carbocycles. The van der Waals surface area contributed by atoms with E-state index in [1.807, 2.05) is 18.2 Å². The first-order valence-electron chi connectivity index (χ1n) is 7.38. The second-order valence-corrected chi connectivity index (χ2v) is 6.64. The lowest BCUT2D eigenvalue weighted by atomic mass is 9.79. The number of halogens is 2. The fraction of sp³-hybridized carbons (Fsp3) is 0.625. The topological polar surface area (TPSA) is 44.7 Å². The third-order valence-corrected chi connectivity index (χ3v) is 4.47. The summed E-state index contributed by atoms with van der Waals surface area (Å²) < 4.78 is 5.34. The van der Waals surface area contributed by atoms with Crippen molar-refractivity contribution < 1.29 is 9.84 Å². The minimum Gasteiger partial charge on any atom is -0.495 e. The largest absolute Gasteiger partial charge is 0.495 e. The summed E-state index contributed by atoms with van der Waals surface area (Å²) in [5.41, 5.74) is 0.896. The van der Waals surface area contributed by atoms with Crippen LogP contribution in [-0.4, -0.2) is 49.9 Å². The number of ether oxygens (including phenoxy) is 1. The Morgan fingerprint density at radius 1 is 1.36 bits per heavy atom. The number of aliphatic hydroxyl groups is 1. The van der Waals surface area contributed by atoms with Crippen molar-refractivity contribution in [2.24, 2.45) is 5.41 Å². The minimum atomic E-state index is -0.240. The van der Waals surface area contributed by atoms with Crippen LogP contribution in [-0.2, 0) is 0 Å². The van der Waals surface area contributed by atoms with Crippen LogP contribution in [0.4, 0.5) is 0 Å². The number of aliphatic hydroxyl groups excluding tert-OH is 1. The fourth-order valence-corrected chi connectivity index (χ4v) is 3.22. The van der Waals surface area contributed by atoms with Crippen LogP contribution in [0.15, 0.2) is 18.2 Å². The van der Waals surface area contributed by atoms with E-state index in [0.29, 0.717) is 10.8 Å². The van der Waals surface area contributed by atoms with Crippen LogP contribution in [0.3, 0.4) is 0 Å². The number of rotatable bonds is 5. The molecule has 1 fully saturated rings. The predicted molar refractivity (Wildman–Crippen MR) is 93.3 cm³/mol. The molecule has 2 N–H and O–H groups in total. The first-order chi connectivity index (χ1) is 9.99. The zero-order valence-electron chi connectivity index (χ0n) is 13.4. The van der Waals surface area contributed by atoms with Gasteiger partial charge in [0, 0.05) is 44.2 Å². The Morgan fingerprint density at radius 3 is 2.55 bits per heavy atom. The zero-order valence-corrected chi connectivity index (χ0v) is 15.0. The van der Waals surface area contributed by atoms with Crippen molar-refractivity contribution in [2.45, 2.75) is 19.9 Å². The van der Waals surface area contributed by atoms with Crippen molar-refractivity contribution >= 4 is 24.0 Å². The van der Waals surface area contributed by atoms with Gasteiger partial charge in [0.25, 0.3) is 0 Å². The maximum Gasteiger partial charge on any atom is 0.137 e. The molecule has 1 aromatic carbocycles. The minimum absolute atomic E-state index is 0. The van der Waals surface area contributed by atoms with Crippen LogP contribution in [0, 0.1) is 5.41 Å². The second-order valence-electron chi connectivity index (χ2n) is 6.23. The lowest BCUT2D eigenvalue weighted by Crippen LogP contribution is -2.49. The molecule has 0 unspecified atom stereocenters. The molecule has 22 heavy (non-hydrogen) atoms. The summed E-state index contributed by atoms with van der Waals surface area (Å²) in [5.74, 6) is 0.683. The smallest absolute Gasteiger partial charge is 0.137 e. The van der Waals surface area contributed by atoms with Gasteiger partial charge in [-0.2, -0.15) is 0 Å². The quantitative estimate of drug-likeness (QED) is 0.858. The highest BCUT2D eigenvalue weighted by Crippen LogP contribution is 2.40. The summed E-state index contributed by atoms with van der Waals surface area (Å²) in [5, 5.41) is 13.8. The number of benzene rings is 1. The maximum atomic E-state index is 9.84. The summed E-state index contributed by atoms with van der Waals surface area (Å²) in [6.07, 6.45) is 0. The highest BCUT2D eigenvalue weighted by Gasteiger charge is 2.35. The molecule has 1 aliphatic rings. The van der Waals surface area contributed by atoms with Gasteiger partial charge < -0.3 is 15.2 Å². The molecule has 1 heterocycles. The Morgan fingerprint density at radius 2 is 2.00 bits per heavy atom. The lowest BCUT2D eigenvalue weighted by molar-refractivity contribution is 0.0304. The van der Waals surface area contributed by atoms with E-state index in [1.54, 1.807) is 7.11 Å². The molecule has 0 bridgehead atoms. The summed E-state index contributed by atoms with van der Waals surface area (Å²) in [4.78, 5) is 2.43. The molecule has 0 spiro atoms. The average Bonchev–Trinajstić information content (AvgIpc) is 2.50. The number of hydrogen-bond donors (Lipinski definition) is 2. The maximum absolute atomic E-state index is 9.84. The van der Waals surface area contributed by atoms with Crippen LogP contribution in [0.1, 0.15) is 25.5 Å². The molecule has 0 amide bonds. The molecule has 1 aromatic rings. The molecule has 1 aliphatic heterocycles. The molecule has 6 heteroatoms. The van der Waals surface area contributed by atoms with Crippen LogP contribution >= 0.6 is 24.0 Å². The van der Waals surface area contributed by atoms with E-state index in [1.165, 1.54) is 0 Å². The number of piperazine rings is 1. The molecule has 4 nitrogen and oxygen atoms in total. The summed E-state index contributed by atoms with van der Waals surface area (Å²) in [6.45, 7) is 8.22. The van der Waals surface area contributed by atoms with Crippen molar-refractivity contribution in [1.82, 2.24) is 10.2 Å². The Balaban J connectivity index is 0.00000242. The van der Waals surface area contributed by atoms with E-state index in [2.05, 4.69) is 24.1 Å². The van der Waals surface area contributed by atoms with Gasteiger partial charge in [0.2, 0.25) is 0 Å². The third-order valence-electron chi connectivity index (χ3n) is 4.16. The van der Waals surface area contributed by atoms with Gasteiger partial charge in [0.15, 0.2) is 0 Å². The summed E-state index contributed by atoms with van der Waals surface area (Å²) in [6, 6.07) is 6.04. The molecule has 126 valence electrons. The van der Waals surface area contributed by atoms with Crippen molar-refractivity contribution in [3.63, 3.8) is 0 Å². The van der Waals surface area contributed by atoms with Crippen LogP contribution in [0.2, 0.25) is 5.02 Å². The zero-order chi connectivity index (χ0) is 15.5. The number of methoxy groups -OCH3 is 1. The van der Waals surface area contributed by atoms with E-state index in [4.69, 9.17) is 16.3 Å². The van der Waals surface area contributed by atoms with Crippen molar-refractivity contribution in [1.29, 1.82) is 0 Å². The molecule has 0 aliphatic carbocycles. The number of hydrogen-bond acceptors (Lipinski definition) is 4. The molecule has 1 atom stereocenters. The number of nitrogens with one attached hydrogen (secondary N) is 1. The normalized spacial score (nSPS) is 17.7. The summed E-state index contributed by atoms with van der Waals surface area (Å²) >= 11 is 6.14. The molecular formula is C16H26Cl2N2O2. The van der Waals surface area contributed by atoms with Gasteiger partial charge in [-0.3, -0.25) is 4.90 Å². The molecular weight excluding hydrogens is 323 g/mol. The second kappa shape index (κ2) is 8.37. The lowest BCUT2D eigenvalue weighted by Gasteiger charge is -2.43.